The van der Waals surface area contributed by atoms with Crippen molar-refractivity contribution in [3.63, 3.8) is 0 Å². The smallest absolute Gasteiger partial charge is 0.287 e. The fraction of sp³-hybridized carbons (Fsp3) is 0. The van der Waals surface area contributed by atoms with Gasteiger partial charge in [-0.3, -0.25) is 29.8 Å². The number of allylic oxidation sites excluding steroid dienone is 4. The summed E-state index contributed by atoms with van der Waals surface area (Å²) in [4.78, 5) is 44.4. The zero-order valence-corrected chi connectivity index (χ0v) is 11.6. The van der Waals surface area contributed by atoms with E-state index in [1.165, 1.54) is 0 Å². The minimum atomic E-state index is -0.715. The van der Waals surface area contributed by atoms with E-state index in [0.717, 1.165) is 46.3 Å². The Morgan fingerprint density at radius 3 is 1.46 bits per heavy atom. The van der Waals surface area contributed by atoms with Gasteiger partial charge in [0.05, 0.1) is 9.85 Å². The summed E-state index contributed by atoms with van der Waals surface area (Å²) in [7, 11) is 0. The number of rotatable bonds is 4. The monoisotopic (exact) mass is 330 g/mol. The van der Waals surface area contributed by atoms with Gasteiger partial charge >= 0.3 is 11.4 Å². The fourth-order valence-electron chi connectivity index (χ4n) is 2.05. The maximum atomic E-state index is 12.1. The van der Waals surface area contributed by atoms with Crippen molar-refractivity contribution in [1.29, 1.82) is 0 Å². The first-order valence-corrected chi connectivity index (χ1v) is 6.28. The van der Waals surface area contributed by atoms with Crippen LogP contribution in [0.3, 0.4) is 0 Å². The first-order valence-electron chi connectivity index (χ1n) is 6.28. The standard InChI is InChI=1S/C12H6N6O6/c19-9-1-2-10(20)12(16-6-8(4-14-16)18(23)24)11(9)15-5-7(3-13-15)17(21)22/h1-6H. The molecule has 1 aliphatic rings. The second-order valence-electron chi connectivity index (χ2n) is 4.56. The molecule has 0 atom stereocenters. The largest absolute Gasteiger partial charge is 0.307 e. The van der Waals surface area contributed by atoms with E-state index in [4.69, 9.17) is 0 Å². The summed E-state index contributed by atoms with van der Waals surface area (Å²) in [6.45, 7) is 0. The molecule has 120 valence electrons. The van der Waals surface area contributed by atoms with Crippen molar-refractivity contribution in [2.75, 3.05) is 0 Å². The Hall–Kier alpha value is -3.96. The Bertz CT molecular complexity index is 888. The molecule has 0 amide bonds. The van der Waals surface area contributed by atoms with Crippen LogP contribution in [0.4, 0.5) is 11.4 Å². The Kier molecular flexibility index (Phi) is 3.33. The first-order chi connectivity index (χ1) is 11.4. The molecule has 2 aromatic rings. The Morgan fingerprint density at radius 2 is 1.17 bits per heavy atom. The van der Waals surface area contributed by atoms with Gasteiger partial charge in [-0.2, -0.15) is 10.2 Å². The Morgan fingerprint density at radius 1 is 0.792 bits per heavy atom. The highest BCUT2D eigenvalue weighted by atomic mass is 16.6. The lowest BCUT2D eigenvalue weighted by atomic mass is 10.1. The summed E-state index contributed by atoms with van der Waals surface area (Å²) in [5.74, 6) is -1.30. The highest BCUT2D eigenvalue weighted by Gasteiger charge is 2.29. The second-order valence-corrected chi connectivity index (χ2v) is 4.56. The van der Waals surface area contributed by atoms with E-state index in [1.54, 1.807) is 0 Å². The molecule has 12 nitrogen and oxygen atoms in total. The summed E-state index contributed by atoms with van der Waals surface area (Å²) < 4.78 is 1.73. The molecule has 0 unspecified atom stereocenters. The Labute approximate surface area is 131 Å². The normalized spacial score (nSPS) is 14.3. The molecule has 0 N–H and O–H groups in total. The van der Waals surface area contributed by atoms with Crippen LogP contribution in [0.25, 0.3) is 11.4 Å². The highest BCUT2D eigenvalue weighted by Crippen LogP contribution is 2.25. The van der Waals surface area contributed by atoms with E-state index >= 15 is 0 Å². The van der Waals surface area contributed by atoms with Crippen LogP contribution >= 0.6 is 0 Å². The van der Waals surface area contributed by atoms with Crippen molar-refractivity contribution in [2.24, 2.45) is 0 Å². The zero-order valence-electron chi connectivity index (χ0n) is 11.6. The van der Waals surface area contributed by atoms with E-state index < -0.39 is 21.4 Å². The molecule has 0 spiro atoms. The summed E-state index contributed by atoms with van der Waals surface area (Å²) >= 11 is 0. The van der Waals surface area contributed by atoms with Crippen LogP contribution in [0.15, 0.2) is 36.9 Å². The van der Waals surface area contributed by atoms with Crippen LogP contribution in [0.2, 0.25) is 0 Å². The molecule has 0 radical (unpaired) electrons. The van der Waals surface area contributed by atoms with Crippen molar-refractivity contribution in [3.8, 4) is 0 Å². The lowest BCUT2D eigenvalue weighted by Gasteiger charge is -2.13. The average molecular weight is 330 g/mol. The number of hydrogen-bond acceptors (Lipinski definition) is 8. The molecule has 12 heteroatoms. The van der Waals surface area contributed by atoms with Crippen LogP contribution in [-0.4, -0.2) is 41.0 Å². The number of nitro groups is 2. The van der Waals surface area contributed by atoms with Gasteiger partial charge in [0.15, 0.2) is 0 Å². The van der Waals surface area contributed by atoms with Crippen LogP contribution in [0.5, 0.6) is 0 Å². The Balaban J connectivity index is 2.20. The zero-order chi connectivity index (χ0) is 17.4. The lowest BCUT2D eigenvalue weighted by Crippen LogP contribution is -2.21. The van der Waals surface area contributed by atoms with E-state index in [2.05, 4.69) is 10.2 Å². The van der Waals surface area contributed by atoms with Crippen LogP contribution < -0.4 is 0 Å². The van der Waals surface area contributed by atoms with Gasteiger partial charge in [-0.25, -0.2) is 9.36 Å². The average Bonchev–Trinajstić information content (AvgIpc) is 3.17. The molecule has 0 aromatic carbocycles. The van der Waals surface area contributed by atoms with Crippen molar-refractivity contribution >= 4 is 34.3 Å². The summed E-state index contributed by atoms with van der Waals surface area (Å²) in [5, 5.41) is 28.9. The van der Waals surface area contributed by atoms with Crippen molar-refractivity contribution in [2.45, 2.75) is 0 Å². The van der Waals surface area contributed by atoms with E-state index in [9.17, 15) is 29.8 Å². The third-order valence-electron chi connectivity index (χ3n) is 3.09. The molecule has 24 heavy (non-hydrogen) atoms. The van der Waals surface area contributed by atoms with Gasteiger partial charge in [0.1, 0.15) is 36.2 Å². The number of carbonyl (C=O) groups excluding carboxylic acids is 2. The second kappa shape index (κ2) is 5.35. The van der Waals surface area contributed by atoms with E-state index in [-0.39, 0.29) is 22.8 Å². The molecule has 0 fully saturated rings. The lowest BCUT2D eigenvalue weighted by molar-refractivity contribution is -0.385. The van der Waals surface area contributed by atoms with Crippen LogP contribution in [0.1, 0.15) is 0 Å². The number of ketones is 2. The highest BCUT2D eigenvalue weighted by molar-refractivity contribution is 6.42. The minimum absolute atomic E-state index is 0.298. The van der Waals surface area contributed by atoms with Crippen molar-refractivity contribution < 1.29 is 19.4 Å². The van der Waals surface area contributed by atoms with E-state index in [0.29, 0.717) is 0 Å². The first kappa shape index (κ1) is 15.0. The molecule has 1 aliphatic carbocycles. The van der Waals surface area contributed by atoms with Gasteiger partial charge in [0.25, 0.3) is 0 Å². The fourth-order valence-corrected chi connectivity index (χ4v) is 2.05. The van der Waals surface area contributed by atoms with Gasteiger partial charge in [-0.15, -0.1) is 0 Å². The molecule has 0 saturated heterocycles. The molecular formula is C12H6N6O6. The number of hydrogen-bond donors (Lipinski definition) is 0. The van der Waals surface area contributed by atoms with Gasteiger partial charge in [-0.1, -0.05) is 0 Å². The third kappa shape index (κ3) is 2.37. The van der Waals surface area contributed by atoms with Gasteiger partial charge in [0.2, 0.25) is 11.6 Å². The van der Waals surface area contributed by atoms with Crippen molar-refractivity contribution in [3.05, 3.63) is 57.2 Å². The summed E-state index contributed by atoms with van der Waals surface area (Å²) in [5.41, 5.74) is -1.37. The maximum absolute atomic E-state index is 12.1. The minimum Gasteiger partial charge on any atom is -0.287 e. The van der Waals surface area contributed by atoms with Gasteiger partial charge in [-0.05, 0) is 12.2 Å². The van der Waals surface area contributed by atoms with Gasteiger partial charge < -0.3 is 0 Å². The molecule has 3 rings (SSSR count). The third-order valence-corrected chi connectivity index (χ3v) is 3.09. The van der Waals surface area contributed by atoms with Crippen LogP contribution in [0, 0.1) is 20.2 Å². The summed E-state index contributed by atoms with van der Waals surface area (Å²) in [6.07, 6.45) is 5.69. The molecule has 2 heterocycles. The topological polar surface area (TPSA) is 156 Å². The molecule has 0 aliphatic heterocycles. The molecule has 0 saturated carbocycles. The SMILES string of the molecule is O=C1C=CC(=O)C(n2cc([N+](=O)[O-])cn2)=C1n1cc([N+](=O)[O-])cn1. The number of carbonyl (C=O) groups is 2. The molecule has 0 bridgehead atoms. The number of aromatic nitrogens is 4. The molecular weight excluding hydrogens is 324 g/mol. The summed E-state index contributed by atoms with van der Waals surface area (Å²) in [6, 6.07) is 0. The van der Waals surface area contributed by atoms with E-state index in [1.807, 2.05) is 0 Å². The quantitative estimate of drug-likeness (QED) is 0.443. The predicted octanol–water partition coefficient (Wildman–Crippen LogP) is 0.430. The van der Waals surface area contributed by atoms with Crippen molar-refractivity contribution in [1.82, 2.24) is 19.6 Å². The number of nitrogens with zero attached hydrogens (tertiary/aromatic N) is 6. The maximum Gasteiger partial charge on any atom is 0.307 e. The van der Waals surface area contributed by atoms with Crippen LogP contribution in [-0.2, 0) is 9.59 Å². The predicted molar refractivity (Wildman–Crippen MR) is 76.3 cm³/mol. The van der Waals surface area contributed by atoms with Gasteiger partial charge in [0, 0.05) is 0 Å². The molecule has 2 aromatic heterocycles.